The lowest BCUT2D eigenvalue weighted by Gasteiger charge is -2.34. The highest BCUT2D eigenvalue weighted by Gasteiger charge is 2.39. The van der Waals surface area contributed by atoms with Gasteiger partial charge in [-0.05, 0) is 49.1 Å². The van der Waals surface area contributed by atoms with E-state index in [1.807, 2.05) is 53.4 Å². The molecule has 30 heavy (non-hydrogen) atoms. The third kappa shape index (κ3) is 3.72. The van der Waals surface area contributed by atoms with Crippen molar-refractivity contribution in [3.05, 3.63) is 65.4 Å². The summed E-state index contributed by atoms with van der Waals surface area (Å²) in [5.74, 6) is 0.906. The Labute approximate surface area is 177 Å². The number of para-hydroxylation sites is 2. The van der Waals surface area contributed by atoms with Crippen LogP contribution in [-0.4, -0.2) is 18.8 Å². The fraction of sp³-hybridized carbons (Fsp3) is 0.360. The van der Waals surface area contributed by atoms with Crippen LogP contribution in [0.1, 0.15) is 57.1 Å². The number of nitrogens with one attached hydrogen (secondary N) is 1. The van der Waals surface area contributed by atoms with Gasteiger partial charge in [-0.2, -0.15) is 0 Å². The van der Waals surface area contributed by atoms with E-state index in [1.165, 1.54) is 0 Å². The van der Waals surface area contributed by atoms with Gasteiger partial charge in [0.25, 0.3) is 0 Å². The van der Waals surface area contributed by atoms with Crippen molar-refractivity contribution >= 4 is 23.1 Å². The summed E-state index contributed by atoms with van der Waals surface area (Å²) < 4.78 is 5.32. The zero-order valence-electron chi connectivity index (χ0n) is 17.6. The van der Waals surface area contributed by atoms with Crippen LogP contribution < -0.4 is 15.0 Å². The number of rotatable bonds is 5. The molecule has 1 atom stereocenters. The standard InChI is InChI=1S/C25H28N2O3/c1-3-4-12-23(29)27-21-10-6-5-8-19(21)26-20-9-7-11-22(28)24(20)25(27)17-13-15-18(30-2)16-14-17/h5-6,8,10,13-16,25-26H,3-4,7,9,11-12H2,1-2H3/t25-/m0/s1. The first-order valence-electron chi connectivity index (χ1n) is 10.7. The van der Waals surface area contributed by atoms with Gasteiger partial charge in [0.1, 0.15) is 5.75 Å². The molecule has 4 rings (SSSR count). The van der Waals surface area contributed by atoms with E-state index in [4.69, 9.17) is 4.74 Å². The van der Waals surface area contributed by atoms with Gasteiger partial charge in [-0.25, -0.2) is 0 Å². The number of allylic oxidation sites excluding steroid dienone is 1. The number of Topliss-reactive ketones (excluding diaryl/α,β-unsaturated/α-hetero) is 1. The topological polar surface area (TPSA) is 58.6 Å². The number of methoxy groups -OCH3 is 1. The highest BCUT2D eigenvalue weighted by atomic mass is 16.5. The van der Waals surface area contributed by atoms with Gasteiger partial charge < -0.3 is 10.1 Å². The molecule has 0 radical (unpaired) electrons. The molecule has 156 valence electrons. The highest BCUT2D eigenvalue weighted by molar-refractivity contribution is 6.06. The number of hydrogen-bond acceptors (Lipinski definition) is 4. The second-order valence-corrected chi connectivity index (χ2v) is 7.85. The minimum Gasteiger partial charge on any atom is -0.497 e. The van der Waals surface area contributed by atoms with Crippen LogP contribution in [0.25, 0.3) is 0 Å². The number of hydrogen-bond donors (Lipinski definition) is 1. The molecular formula is C25H28N2O3. The maximum Gasteiger partial charge on any atom is 0.227 e. The fourth-order valence-electron chi connectivity index (χ4n) is 4.36. The molecule has 1 N–H and O–H groups in total. The number of ether oxygens (including phenoxy) is 1. The molecule has 0 saturated heterocycles. The van der Waals surface area contributed by atoms with E-state index < -0.39 is 6.04 Å². The van der Waals surface area contributed by atoms with Gasteiger partial charge in [-0.15, -0.1) is 0 Å². The Bertz CT molecular complexity index is 978. The molecule has 0 spiro atoms. The molecular weight excluding hydrogens is 376 g/mol. The molecule has 2 aliphatic rings. The molecule has 0 fully saturated rings. The lowest BCUT2D eigenvalue weighted by Crippen LogP contribution is -2.37. The number of fused-ring (bicyclic) bond motifs is 1. The van der Waals surface area contributed by atoms with Crippen molar-refractivity contribution in [1.29, 1.82) is 0 Å². The Morgan fingerprint density at radius 1 is 1.13 bits per heavy atom. The Kier molecular flexibility index (Phi) is 5.88. The van der Waals surface area contributed by atoms with Crippen molar-refractivity contribution in [2.24, 2.45) is 0 Å². The minimum atomic E-state index is -0.445. The zero-order chi connectivity index (χ0) is 21.1. The lowest BCUT2D eigenvalue weighted by molar-refractivity contribution is -0.119. The predicted molar refractivity (Wildman–Crippen MR) is 119 cm³/mol. The molecule has 1 aliphatic carbocycles. The monoisotopic (exact) mass is 404 g/mol. The average molecular weight is 405 g/mol. The maximum absolute atomic E-state index is 13.5. The Morgan fingerprint density at radius 2 is 1.90 bits per heavy atom. The Morgan fingerprint density at radius 3 is 2.63 bits per heavy atom. The van der Waals surface area contributed by atoms with E-state index >= 15 is 0 Å². The molecule has 1 aliphatic heterocycles. The number of nitrogens with zero attached hydrogens (tertiary/aromatic N) is 1. The van der Waals surface area contributed by atoms with Crippen LogP contribution >= 0.6 is 0 Å². The normalized spacial score (nSPS) is 18.3. The number of amides is 1. The van der Waals surface area contributed by atoms with Gasteiger partial charge in [-0.1, -0.05) is 37.6 Å². The fourth-order valence-corrected chi connectivity index (χ4v) is 4.36. The van der Waals surface area contributed by atoms with Gasteiger partial charge in [0, 0.05) is 24.1 Å². The first-order chi connectivity index (χ1) is 14.6. The number of anilines is 2. The van der Waals surface area contributed by atoms with E-state index in [9.17, 15) is 9.59 Å². The van der Waals surface area contributed by atoms with E-state index in [-0.39, 0.29) is 11.7 Å². The molecule has 1 heterocycles. The summed E-state index contributed by atoms with van der Waals surface area (Å²) in [5.41, 5.74) is 4.27. The molecule has 5 nitrogen and oxygen atoms in total. The molecule has 0 bridgehead atoms. The van der Waals surface area contributed by atoms with Gasteiger partial charge in [0.2, 0.25) is 5.91 Å². The first kappa shape index (κ1) is 20.2. The van der Waals surface area contributed by atoms with Crippen LogP contribution in [0, 0.1) is 0 Å². The Hall–Kier alpha value is -3.08. The number of benzene rings is 2. The SMILES string of the molecule is CCCCC(=O)N1c2ccccc2NC2=C(C(=O)CCC2)[C@@H]1c1ccc(OC)cc1. The van der Waals surface area contributed by atoms with Crippen LogP contribution in [0.3, 0.4) is 0 Å². The number of carbonyl (C=O) groups is 2. The van der Waals surface area contributed by atoms with Crippen molar-refractivity contribution in [3.63, 3.8) is 0 Å². The van der Waals surface area contributed by atoms with E-state index in [0.29, 0.717) is 18.4 Å². The van der Waals surface area contributed by atoms with Gasteiger partial charge >= 0.3 is 0 Å². The van der Waals surface area contributed by atoms with Gasteiger partial charge in [0.15, 0.2) is 5.78 Å². The van der Waals surface area contributed by atoms with E-state index in [1.54, 1.807) is 7.11 Å². The van der Waals surface area contributed by atoms with Crippen LogP contribution in [0.15, 0.2) is 59.8 Å². The smallest absolute Gasteiger partial charge is 0.227 e. The quantitative estimate of drug-likeness (QED) is 0.726. The van der Waals surface area contributed by atoms with Crippen molar-refractivity contribution in [1.82, 2.24) is 0 Å². The number of ketones is 1. The molecule has 5 heteroatoms. The molecule has 0 saturated carbocycles. The second kappa shape index (κ2) is 8.74. The van der Waals surface area contributed by atoms with Gasteiger partial charge in [-0.3, -0.25) is 14.5 Å². The first-order valence-corrected chi connectivity index (χ1v) is 10.7. The third-order valence-corrected chi connectivity index (χ3v) is 5.88. The van der Waals surface area contributed by atoms with E-state index in [0.717, 1.165) is 54.1 Å². The summed E-state index contributed by atoms with van der Waals surface area (Å²) in [5, 5.41) is 3.50. The van der Waals surface area contributed by atoms with Crippen LogP contribution in [-0.2, 0) is 9.59 Å². The lowest BCUT2D eigenvalue weighted by atomic mass is 9.85. The third-order valence-electron chi connectivity index (χ3n) is 5.88. The molecule has 0 aromatic heterocycles. The average Bonchev–Trinajstić information content (AvgIpc) is 2.92. The summed E-state index contributed by atoms with van der Waals surface area (Å²) in [6, 6.07) is 15.1. The highest BCUT2D eigenvalue weighted by Crippen LogP contribution is 2.45. The summed E-state index contributed by atoms with van der Waals surface area (Å²) in [7, 11) is 1.63. The molecule has 0 unspecified atom stereocenters. The summed E-state index contributed by atoms with van der Waals surface area (Å²) >= 11 is 0. The van der Waals surface area contributed by atoms with Crippen molar-refractivity contribution < 1.29 is 14.3 Å². The summed E-state index contributed by atoms with van der Waals surface area (Å²) in [4.78, 5) is 28.5. The van der Waals surface area contributed by atoms with E-state index in [2.05, 4.69) is 12.2 Å². The van der Waals surface area contributed by atoms with Gasteiger partial charge in [0.05, 0.1) is 24.5 Å². The zero-order valence-corrected chi connectivity index (χ0v) is 17.6. The van der Waals surface area contributed by atoms with Crippen LogP contribution in [0.4, 0.5) is 11.4 Å². The number of unbranched alkanes of at least 4 members (excludes halogenated alkanes) is 1. The molecule has 2 aromatic carbocycles. The minimum absolute atomic E-state index is 0.0408. The second-order valence-electron chi connectivity index (χ2n) is 7.85. The molecule has 1 amide bonds. The van der Waals surface area contributed by atoms with Crippen molar-refractivity contribution in [2.45, 2.75) is 51.5 Å². The summed E-state index contributed by atoms with van der Waals surface area (Å²) in [6.07, 6.45) is 4.36. The van der Waals surface area contributed by atoms with Crippen LogP contribution in [0.5, 0.6) is 5.75 Å². The summed E-state index contributed by atoms with van der Waals surface area (Å²) in [6.45, 7) is 2.08. The molecule has 2 aromatic rings. The maximum atomic E-state index is 13.5. The number of carbonyl (C=O) groups excluding carboxylic acids is 2. The Balaban J connectivity index is 1.92. The predicted octanol–water partition coefficient (Wildman–Crippen LogP) is 5.39. The van der Waals surface area contributed by atoms with Crippen LogP contribution in [0.2, 0.25) is 0 Å². The van der Waals surface area contributed by atoms with Crippen molar-refractivity contribution in [3.8, 4) is 5.75 Å². The largest absolute Gasteiger partial charge is 0.497 e. The van der Waals surface area contributed by atoms with Crippen molar-refractivity contribution in [2.75, 3.05) is 17.3 Å².